The molecule has 0 bridgehead atoms. The highest BCUT2D eigenvalue weighted by Gasteiger charge is 2.11. The number of hydrogen-bond donors (Lipinski definition) is 0. The second kappa shape index (κ2) is 7.04. The second-order valence-corrected chi connectivity index (χ2v) is 5.08. The average molecular weight is 303 g/mol. The monoisotopic (exact) mass is 302 g/mol. The number of esters is 1. The fraction of sp³-hybridized carbons (Fsp3) is 0.176. The number of hydrogen-bond acceptors (Lipinski definition) is 3. The number of Topliss-reactive ketones (excluding diaryl/α,β-unsaturated/α-hetero) is 1. The lowest BCUT2D eigenvalue weighted by atomic mass is 10.1. The van der Waals surface area contributed by atoms with E-state index in [0.717, 1.165) is 5.56 Å². The van der Waals surface area contributed by atoms with Gasteiger partial charge in [-0.15, -0.1) is 0 Å². The van der Waals surface area contributed by atoms with Gasteiger partial charge in [-0.1, -0.05) is 41.9 Å². The quantitative estimate of drug-likeness (QED) is 0.472. The SMILES string of the molecule is Cc1cc(OC(=O)CCC(=O)c2ccccc2)ccc1Cl. The van der Waals surface area contributed by atoms with Crippen LogP contribution in [-0.4, -0.2) is 11.8 Å². The molecule has 2 aromatic carbocycles. The Balaban J connectivity index is 1.87. The summed E-state index contributed by atoms with van der Waals surface area (Å²) in [4.78, 5) is 23.6. The maximum absolute atomic E-state index is 11.9. The molecule has 0 aliphatic rings. The minimum Gasteiger partial charge on any atom is -0.427 e. The zero-order chi connectivity index (χ0) is 15.2. The molecule has 0 unspecified atom stereocenters. The molecule has 0 amide bonds. The van der Waals surface area contributed by atoms with Crippen molar-refractivity contribution in [2.75, 3.05) is 0 Å². The number of halogens is 1. The van der Waals surface area contributed by atoms with E-state index < -0.39 is 5.97 Å². The summed E-state index contributed by atoms with van der Waals surface area (Å²) in [5.74, 6) is -0.0603. The van der Waals surface area contributed by atoms with Crippen molar-refractivity contribution in [1.29, 1.82) is 0 Å². The molecule has 0 atom stereocenters. The van der Waals surface area contributed by atoms with Gasteiger partial charge in [0.1, 0.15) is 5.75 Å². The van der Waals surface area contributed by atoms with Crippen LogP contribution in [0, 0.1) is 6.92 Å². The van der Waals surface area contributed by atoms with Crippen LogP contribution in [-0.2, 0) is 4.79 Å². The first-order valence-electron chi connectivity index (χ1n) is 6.61. The van der Waals surface area contributed by atoms with Crippen molar-refractivity contribution in [3.8, 4) is 5.75 Å². The predicted molar refractivity (Wildman–Crippen MR) is 81.8 cm³/mol. The van der Waals surface area contributed by atoms with Gasteiger partial charge >= 0.3 is 5.97 Å². The first-order valence-corrected chi connectivity index (χ1v) is 6.99. The largest absolute Gasteiger partial charge is 0.427 e. The van der Waals surface area contributed by atoms with Gasteiger partial charge in [0, 0.05) is 17.0 Å². The van der Waals surface area contributed by atoms with E-state index >= 15 is 0 Å². The number of carbonyl (C=O) groups is 2. The van der Waals surface area contributed by atoms with E-state index in [9.17, 15) is 9.59 Å². The van der Waals surface area contributed by atoms with Crippen LogP contribution in [0.4, 0.5) is 0 Å². The zero-order valence-electron chi connectivity index (χ0n) is 11.6. The van der Waals surface area contributed by atoms with Crippen molar-refractivity contribution in [2.24, 2.45) is 0 Å². The lowest BCUT2D eigenvalue weighted by Crippen LogP contribution is -2.10. The maximum Gasteiger partial charge on any atom is 0.311 e. The van der Waals surface area contributed by atoms with E-state index in [-0.39, 0.29) is 18.6 Å². The van der Waals surface area contributed by atoms with Crippen LogP contribution < -0.4 is 4.74 Å². The second-order valence-electron chi connectivity index (χ2n) is 4.67. The molecule has 0 fully saturated rings. The van der Waals surface area contributed by atoms with Crippen LogP contribution in [0.5, 0.6) is 5.75 Å². The predicted octanol–water partition coefficient (Wildman–Crippen LogP) is 4.22. The van der Waals surface area contributed by atoms with Crippen LogP contribution in [0.1, 0.15) is 28.8 Å². The topological polar surface area (TPSA) is 43.4 Å². The van der Waals surface area contributed by atoms with E-state index in [1.54, 1.807) is 42.5 Å². The van der Waals surface area contributed by atoms with Crippen LogP contribution >= 0.6 is 11.6 Å². The number of rotatable bonds is 5. The van der Waals surface area contributed by atoms with E-state index in [1.165, 1.54) is 0 Å². The summed E-state index contributed by atoms with van der Waals surface area (Å²) < 4.78 is 5.19. The summed E-state index contributed by atoms with van der Waals surface area (Å²) in [7, 11) is 0. The minimum atomic E-state index is -0.430. The molecule has 21 heavy (non-hydrogen) atoms. The van der Waals surface area contributed by atoms with Crippen LogP contribution in [0.25, 0.3) is 0 Å². The van der Waals surface area contributed by atoms with Gasteiger partial charge in [-0.2, -0.15) is 0 Å². The van der Waals surface area contributed by atoms with E-state index in [0.29, 0.717) is 16.3 Å². The molecule has 0 aromatic heterocycles. The molecule has 0 saturated carbocycles. The number of ether oxygens (including phenoxy) is 1. The van der Waals surface area contributed by atoms with E-state index in [1.807, 2.05) is 13.0 Å². The van der Waals surface area contributed by atoms with Gasteiger partial charge < -0.3 is 4.74 Å². The van der Waals surface area contributed by atoms with Gasteiger partial charge in [0.25, 0.3) is 0 Å². The van der Waals surface area contributed by atoms with Gasteiger partial charge in [-0.3, -0.25) is 9.59 Å². The zero-order valence-corrected chi connectivity index (χ0v) is 12.4. The molecule has 0 radical (unpaired) electrons. The van der Waals surface area contributed by atoms with Crippen molar-refractivity contribution in [3.63, 3.8) is 0 Å². The fourth-order valence-corrected chi connectivity index (χ4v) is 1.96. The third kappa shape index (κ3) is 4.43. The van der Waals surface area contributed by atoms with Crippen LogP contribution in [0.3, 0.4) is 0 Å². The molecule has 0 aliphatic carbocycles. The molecular formula is C17H15ClO3. The Labute approximate surface area is 128 Å². The number of aryl methyl sites for hydroxylation is 1. The van der Waals surface area contributed by atoms with Gasteiger partial charge in [0.05, 0.1) is 6.42 Å². The molecular weight excluding hydrogens is 288 g/mol. The smallest absolute Gasteiger partial charge is 0.311 e. The average Bonchev–Trinajstić information content (AvgIpc) is 2.49. The molecule has 3 nitrogen and oxygen atoms in total. The highest BCUT2D eigenvalue weighted by atomic mass is 35.5. The molecule has 4 heteroatoms. The highest BCUT2D eigenvalue weighted by molar-refractivity contribution is 6.31. The fourth-order valence-electron chi connectivity index (χ4n) is 1.85. The lowest BCUT2D eigenvalue weighted by molar-refractivity contribution is -0.134. The Morgan fingerprint density at radius 1 is 1.05 bits per heavy atom. The van der Waals surface area contributed by atoms with Gasteiger partial charge in [0.15, 0.2) is 5.78 Å². The number of carbonyl (C=O) groups excluding carboxylic acids is 2. The Kier molecular flexibility index (Phi) is 5.12. The van der Waals surface area contributed by atoms with Gasteiger partial charge in [-0.05, 0) is 30.7 Å². The normalized spacial score (nSPS) is 10.2. The Morgan fingerprint density at radius 2 is 1.76 bits per heavy atom. The van der Waals surface area contributed by atoms with Crippen molar-refractivity contribution in [2.45, 2.75) is 19.8 Å². The third-order valence-corrected chi connectivity index (χ3v) is 3.44. The molecule has 0 saturated heterocycles. The van der Waals surface area contributed by atoms with Crippen molar-refractivity contribution in [1.82, 2.24) is 0 Å². The van der Waals surface area contributed by atoms with Crippen LogP contribution in [0.2, 0.25) is 5.02 Å². The maximum atomic E-state index is 11.9. The Morgan fingerprint density at radius 3 is 2.43 bits per heavy atom. The molecule has 0 N–H and O–H groups in total. The number of benzene rings is 2. The molecule has 108 valence electrons. The number of ketones is 1. The first-order chi connectivity index (χ1) is 10.1. The van der Waals surface area contributed by atoms with Crippen LogP contribution in [0.15, 0.2) is 48.5 Å². The lowest BCUT2D eigenvalue weighted by Gasteiger charge is -2.06. The molecule has 0 heterocycles. The van der Waals surface area contributed by atoms with E-state index in [2.05, 4.69) is 0 Å². The summed E-state index contributed by atoms with van der Waals surface area (Å²) >= 11 is 5.90. The minimum absolute atomic E-state index is 0.0510. The van der Waals surface area contributed by atoms with Gasteiger partial charge in [-0.25, -0.2) is 0 Å². The summed E-state index contributed by atoms with van der Waals surface area (Å²) in [6.07, 6.45) is 0.185. The third-order valence-electron chi connectivity index (χ3n) is 3.01. The first kappa shape index (κ1) is 15.3. The van der Waals surface area contributed by atoms with Crippen molar-refractivity contribution in [3.05, 3.63) is 64.7 Å². The van der Waals surface area contributed by atoms with Crippen molar-refractivity contribution < 1.29 is 14.3 Å². The molecule has 0 aliphatic heterocycles. The standard InChI is InChI=1S/C17H15ClO3/c1-12-11-14(7-8-15(12)18)21-17(20)10-9-16(19)13-5-3-2-4-6-13/h2-8,11H,9-10H2,1H3. The summed E-state index contributed by atoms with van der Waals surface area (Å²) in [6, 6.07) is 13.9. The molecule has 2 rings (SSSR count). The molecule has 0 spiro atoms. The Bertz CT molecular complexity index is 650. The molecule has 2 aromatic rings. The summed E-state index contributed by atoms with van der Waals surface area (Å²) in [6.45, 7) is 1.83. The summed E-state index contributed by atoms with van der Waals surface area (Å²) in [5, 5.41) is 0.619. The Hall–Kier alpha value is -2.13. The van der Waals surface area contributed by atoms with E-state index in [4.69, 9.17) is 16.3 Å². The summed E-state index contributed by atoms with van der Waals surface area (Å²) in [5.41, 5.74) is 1.44. The highest BCUT2D eigenvalue weighted by Crippen LogP contribution is 2.21. The van der Waals surface area contributed by atoms with Gasteiger partial charge in [0.2, 0.25) is 0 Å². The van der Waals surface area contributed by atoms with Crippen molar-refractivity contribution >= 4 is 23.4 Å².